The fourth-order valence-corrected chi connectivity index (χ4v) is 2.79. The van der Waals surface area contributed by atoms with Gasteiger partial charge in [0.1, 0.15) is 0 Å². The summed E-state index contributed by atoms with van der Waals surface area (Å²) in [6.07, 6.45) is 2.77. The zero-order valence-electron chi connectivity index (χ0n) is 11.0. The lowest BCUT2D eigenvalue weighted by Crippen LogP contribution is -2.00. The van der Waals surface area contributed by atoms with Crippen LogP contribution in [0, 0.1) is 0 Å². The smallest absolute Gasteiger partial charge is 0.243 e. The van der Waals surface area contributed by atoms with E-state index in [1.54, 1.807) is 12.1 Å². The van der Waals surface area contributed by atoms with Gasteiger partial charge in [0, 0.05) is 12.4 Å². The predicted molar refractivity (Wildman–Crippen MR) is 83.0 cm³/mol. The van der Waals surface area contributed by atoms with E-state index in [-0.39, 0.29) is 5.03 Å². The van der Waals surface area contributed by atoms with Gasteiger partial charge in [-0.25, -0.2) is 4.98 Å². The first-order valence-electron chi connectivity index (χ1n) is 6.35. The monoisotopic (exact) mass is 296 g/mol. The van der Waals surface area contributed by atoms with Crippen LogP contribution in [-0.4, -0.2) is 19.6 Å². The van der Waals surface area contributed by atoms with E-state index in [9.17, 15) is 8.42 Å². The minimum atomic E-state index is -3.75. The highest BCUT2D eigenvalue weighted by Gasteiger charge is 2.12. The molecule has 0 spiro atoms. The highest BCUT2D eigenvalue weighted by atomic mass is 32.2. The van der Waals surface area contributed by atoms with Crippen molar-refractivity contribution in [3.8, 4) is 0 Å². The van der Waals surface area contributed by atoms with E-state index in [0.717, 1.165) is 16.3 Å². The fraction of sp³-hybridized carbons (Fsp3) is 0. The van der Waals surface area contributed by atoms with Crippen molar-refractivity contribution in [3.05, 3.63) is 72.4 Å². The highest BCUT2D eigenvalue weighted by molar-refractivity contribution is 7.90. The molecule has 3 rings (SSSR count). The third kappa shape index (κ3) is 2.98. The largest absolute Gasteiger partial charge is 0.299 e. The molecule has 21 heavy (non-hydrogen) atoms. The van der Waals surface area contributed by atoms with Crippen LogP contribution in [-0.2, 0) is 10.0 Å². The van der Waals surface area contributed by atoms with Crippen LogP contribution in [0.3, 0.4) is 0 Å². The number of hydrogen-bond acceptors (Lipinski definition) is 3. The summed E-state index contributed by atoms with van der Waals surface area (Å²) in [5.74, 6) is 0. The number of sulfonamides is 1. The molecule has 0 unspecified atom stereocenters. The van der Waals surface area contributed by atoms with E-state index < -0.39 is 10.0 Å². The van der Waals surface area contributed by atoms with Gasteiger partial charge in [0.15, 0.2) is 5.03 Å². The summed E-state index contributed by atoms with van der Waals surface area (Å²) in [5.41, 5.74) is 0.730. The lowest BCUT2D eigenvalue weighted by Gasteiger charge is -1.99. The molecule has 5 heteroatoms. The van der Waals surface area contributed by atoms with Crippen molar-refractivity contribution >= 4 is 27.0 Å². The number of aromatic nitrogens is 1. The number of rotatable bonds is 3. The maximum atomic E-state index is 12.0. The van der Waals surface area contributed by atoms with Gasteiger partial charge in [-0.05, 0) is 34.5 Å². The molecule has 0 fully saturated rings. The first kappa shape index (κ1) is 13.5. The molecule has 0 radical (unpaired) electrons. The Hall–Kier alpha value is -2.53. The van der Waals surface area contributed by atoms with E-state index in [1.165, 1.54) is 18.5 Å². The zero-order valence-corrected chi connectivity index (χ0v) is 11.9. The summed E-state index contributed by atoms with van der Waals surface area (Å²) in [4.78, 5) is 3.81. The average Bonchev–Trinajstić information content (AvgIpc) is 2.54. The molecule has 2 aromatic carbocycles. The van der Waals surface area contributed by atoms with E-state index in [1.807, 2.05) is 42.5 Å². The van der Waals surface area contributed by atoms with Gasteiger partial charge in [-0.15, -0.1) is 0 Å². The molecule has 0 aliphatic carbocycles. The molecule has 3 aromatic rings. The summed E-state index contributed by atoms with van der Waals surface area (Å²) >= 11 is 0. The zero-order chi connectivity index (χ0) is 14.7. The lowest BCUT2D eigenvalue weighted by molar-refractivity contribution is 0.594. The van der Waals surface area contributed by atoms with Gasteiger partial charge in [0.05, 0.1) is 0 Å². The molecule has 4 nitrogen and oxygen atoms in total. The molecule has 0 aliphatic heterocycles. The molecule has 1 heterocycles. The molecule has 0 bridgehead atoms. The molecule has 0 saturated carbocycles. The first-order chi connectivity index (χ1) is 10.1. The Morgan fingerprint density at radius 1 is 0.905 bits per heavy atom. The Morgan fingerprint density at radius 3 is 2.43 bits per heavy atom. The van der Waals surface area contributed by atoms with Gasteiger partial charge >= 0.3 is 0 Å². The molecule has 0 aliphatic rings. The number of hydrogen-bond donors (Lipinski definition) is 0. The molecule has 0 saturated heterocycles. The molecule has 0 N–H and O–H groups in total. The maximum Gasteiger partial charge on any atom is 0.299 e. The number of benzene rings is 2. The van der Waals surface area contributed by atoms with Crippen molar-refractivity contribution in [2.24, 2.45) is 4.40 Å². The van der Waals surface area contributed by atoms with E-state index in [4.69, 9.17) is 0 Å². The van der Waals surface area contributed by atoms with Crippen LogP contribution in [0.1, 0.15) is 5.56 Å². The summed E-state index contributed by atoms with van der Waals surface area (Å²) in [6.45, 7) is 0. The second-order valence-corrected chi connectivity index (χ2v) is 6.06. The predicted octanol–water partition coefficient (Wildman–Crippen LogP) is 3.04. The average molecular weight is 296 g/mol. The Morgan fingerprint density at radius 2 is 1.67 bits per heavy atom. The minimum Gasteiger partial charge on any atom is -0.243 e. The SMILES string of the molecule is O=S(=O)(/N=C/c1ccc2ccccc2c1)c1ccccn1. The van der Waals surface area contributed by atoms with Crippen LogP contribution >= 0.6 is 0 Å². The molecule has 1 aromatic heterocycles. The third-order valence-corrected chi connectivity index (χ3v) is 4.17. The maximum absolute atomic E-state index is 12.0. The summed E-state index contributed by atoms with van der Waals surface area (Å²) in [5, 5.41) is 2.08. The molecule has 0 atom stereocenters. The van der Waals surface area contributed by atoms with E-state index in [2.05, 4.69) is 9.38 Å². The number of pyridine rings is 1. The minimum absolute atomic E-state index is 0.0537. The van der Waals surface area contributed by atoms with Crippen LogP contribution in [0.4, 0.5) is 0 Å². The van der Waals surface area contributed by atoms with Crippen LogP contribution in [0.15, 0.2) is 76.3 Å². The molecule has 0 amide bonds. The second kappa shape index (κ2) is 5.46. The van der Waals surface area contributed by atoms with E-state index >= 15 is 0 Å². The van der Waals surface area contributed by atoms with Crippen molar-refractivity contribution < 1.29 is 8.42 Å². The Bertz CT molecular complexity index is 904. The first-order valence-corrected chi connectivity index (χ1v) is 7.79. The van der Waals surface area contributed by atoms with Gasteiger partial charge in [-0.3, -0.25) is 0 Å². The van der Waals surface area contributed by atoms with Crippen molar-refractivity contribution in [2.45, 2.75) is 5.03 Å². The summed E-state index contributed by atoms with van der Waals surface area (Å²) in [6, 6.07) is 18.2. The molecular formula is C16H12N2O2S. The van der Waals surface area contributed by atoms with Crippen LogP contribution in [0.2, 0.25) is 0 Å². The lowest BCUT2D eigenvalue weighted by atomic mass is 10.1. The van der Waals surface area contributed by atoms with E-state index in [0.29, 0.717) is 0 Å². The number of fused-ring (bicyclic) bond motifs is 1. The quantitative estimate of drug-likeness (QED) is 0.698. The Labute approximate surface area is 122 Å². The van der Waals surface area contributed by atoms with Gasteiger partial charge in [0.2, 0.25) is 0 Å². The highest BCUT2D eigenvalue weighted by Crippen LogP contribution is 2.15. The number of nitrogens with zero attached hydrogens (tertiary/aromatic N) is 2. The van der Waals surface area contributed by atoms with Gasteiger partial charge in [-0.2, -0.15) is 12.8 Å². The van der Waals surface area contributed by atoms with Crippen molar-refractivity contribution in [3.63, 3.8) is 0 Å². The summed E-state index contributed by atoms with van der Waals surface area (Å²) in [7, 11) is -3.75. The Kier molecular flexibility index (Phi) is 3.50. The molecule has 104 valence electrons. The van der Waals surface area contributed by atoms with Gasteiger partial charge < -0.3 is 0 Å². The third-order valence-electron chi connectivity index (χ3n) is 3.02. The van der Waals surface area contributed by atoms with Gasteiger partial charge in [-0.1, -0.05) is 42.5 Å². The second-order valence-electron chi connectivity index (χ2n) is 4.48. The Balaban J connectivity index is 1.94. The fourth-order valence-electron chi connectivity index (χ4n) is 1.97. The van der Waals surface area contributed by atoms with Crippen molar-refractivity contribution in [1.82, 2.24) is 4.98 Å². The van der Waals surface area contributed by atoms with Crippen LogP contribution < -0.4 is 0 Å². The normalized spacial score (nSPS) is 12.0. The van der Waals surface area contributed by atoms with Crippen LogP contribution in [0.25, 0.3) is 10.8 Å². The molecular weight excluding hydrogens is 284 g/mol. The topological polar surface area (TPSA) is 59.4 Å². The summed E-state index contributed by atoms with van der Waals surface area (Å²) < 4.78 is 27.7. The van der Waals surface area contributed by atoms with Crippen molar-refractivity contribution in [1.29, 1.82) is 0 Å². The standard InChI is InChI=1S/C16H12N2O2S/c19-21(20,16-7-3-4-10-17-16)18-12-13-8-9-14-5-1-2-6-15(14)11-13/h1-12H/b18-12+. The van der Waals surface area contributed by atoms with Crippen molar-refractivity contribution in [2.75, 3.05) is 0 Å². The van der Waals surface area contributed by atoms with Crippen LogP contribution in [0.5, 0.6) is 0 Å². The van der Waals surface area contributed by atoms with Gasteiger partial charge in [0.25, 0.3) is 10.0 Å².